The molecule has 0 saturated carbocycles. The van der Waals surface area contributed by atoms with Crippen LogP contribution in [0.15, 0.2) is 35.3 Å². The first kappa shape index (κ1) is 12.9. The predicted molar refractivity (Wildman–Crippen MR) is 72.7 cm³/mol. The van der Waals surface area contributed by atoms with Gasteiger partial charge in [-0.3, -0.25) is 0 Å². The SMILES string of the molecule is NC(=NC1CCCN(O)CC1)Nc1ccccc1. The number of benzene rings is 1. The normalized spacial score (nSPS) is 22.5. The van der Waals surface area contributed by atoms with Crippen LogP contribution in [0.4, 0.5) is 5.69 Å². The summed E-state index contributed by atoms with van der Waals surface area (Å²) in [5.74, 6) is 0.442. The maximum absolute atomic E-state index is 9.41. The maximum atomic E-state index is 9.41. The van der Waals surface area contributed by atoms with E-state index in [0.29, 0.717) is 12.5 Å². The minimum atomic E-state index is 0.193. The molecule has 0 amide bonds. The molecule has 0 aliphatic carbocycles. The second-order valence-corrected chi connectivity index (χ2v) is 4.54. The summed E-state index contributed by atoms with van der Waals surface area (Å²) in [6.07, 6.45) is 2.76. The summed E-state index contributed by atoms with van der Waals surface area (Å²) < 4.78 is 0. The summed E-state index contributed by atoms with van der Waals surface area (Å²) in [5.41, 5.74) is 6.83. The van der Waals surface area contributed by atoms with Gasteiger partial charge in [0.25, 0.3) is 0 Å². The zero-order chi connectivity index (χ0) is 12.8. The topological polar surface area (TPSA) is 73.9 Å². The molecule has 1 aromatic rings. The highest BCUT2D eigenvalue weighted by Crippen LogP contribution is 2.13. The Kier molecular flexibility index (Phi) is 4.55. The first-order valence-electron chi connectivity index (χ1n) is 6.33. The summed E-state index contributed by atoms with van der Waals surface area (Å²) in [7, 11) is 0. The minimum Gasteiger partial charge on any atom is -0.370 e. The number of para-hydroxylation sites is 1. The average Bonchev–Trinajstić information content (AvgIpc) is 2.56. The van der Waals surface area contributed by atoms with Gasteiger partial charge in [0.05, 0.1) is 6.04 Å². The quantitative estimate of drug-likeness (QED) is 0.549. The lowest BCUT2D eigenvalue weighted by Gasteiger charge is -2.12. The average molecular weight is 248 g/mol. The molecule has 0 bridgehead atoms. The molecule has 1 aromatic carbocycles. The van der Waals surface area contributed by atoms with Gasteiger partial charge >= 0.3 is 0 Å². The Morgan fingerprint density at radius 3 is 2.83 bits per heavy atom. The van der Waals surface area contributed by atoms with Crippen molar-refractivity contribution in [3.63, 3.8) is 0 Å². The first-order valence-corrected chi connectivity index (χ1v) is 6.33. The van der Waals surface area contributed by atoms with E-state index in [1.165, 1.54) is 5.06 Å². The molecule has 0 radical (unpaired) electrons. The number of nitrogens with zero attached hydrogens (tertiary/aromatic N) is 2. The molecule has 5 heteroatoms. The summed E-state index contributed by atoms with van der Waals surface area (Å²) in [6, 6.07) is 9.95. The second-order valence-electron chi connectivity index (χ2n) is 4.54. The summed E-state index contributed by atoms with van der Waals surface area (Å²) in [6.45, 7) is 1.38. The largest absolute Gasteiger partial charge is 0.370 e. The molecule has 0 spiro atoms. The fraction of sp³-hybridized carbons (Fsp3) is 0.462. The summed E-state index contributed by atoms with van der Waals surface area (Å²) in [4.78, 5) is 4.47. The first-order chi connectivity index (χ1) is 8.74. The van der Waals surface area contributed by atoms with Crippen molar-refractivity contribution in [2.24, 2.45) is 10.7 Å². The molecule has 1 saturated heterocycles. The monoisotopic (exact) mass is 248 g/mol. The van der Waals surface area contributed by atoms with Crippen LogP contribution in [0.5, 0.6) is 0 Å². The van der Waals surface area contributed by atoms with E-state index in [-0.39, 0.29) is 6.04 Å². The van der Waals surface area contributed by atoms with Crippen LogP contribution in [-0.4, -0.2) is 35.4 Å². The van der Waals surface area contributed by atoms with Crippen LogP contribution in [0.25, 0.3) is 0 Å². The Labute approximate surface area is 107 Å². The van der Waals surface area contributed by atoms with E-state index in [4.69, 9.17) is 5.73 Å². The van der Waals surface area contributed by atoms with E-state index in [2.05, 4.69) is 10.3 Å². The van der Waals surface area contributed by atoms with E-state index in [0.717, 1.165) is 31.5 Å². The molecule has 1 fully saturated rings. The van der Waals surface area contributed by atoms with Crippen molar-refractivity contribution in [1.29, 1.82) is 0 Å². The number of hydroxylamine groups is 2. The Morgan fingerprint density at radius 1 is 1.28 bits per heavy atom. The number of hydrogen-bond acceptors (Lipinski definition) is 3. The third-order valence-electron chi connectivity index (χ3n) is 3.04. The second kappa shape index (κ2) is 6.37. The summed E-state index contributed by atoms with van der Waals surface area (Å²) in [5, 5.41) is 13.8. The van der Waals surface area contributed by atoms with Gasteiger partial charge in [-0.05, 0) is 31.4 Å². The number of nitrogens with one attached hydrogen (secondary N) is 1. The molecule has 0 aromatic heterocycles. The molecule has 1 unspecified atom stereocenters. The van der Waals surface area contributed by atoms with Crippen LogP contribution in [0.3, 0.4) is 0 Å². The Hall–Kier alpha value is -1.59. The zero-order valence-electron chi connectivity index (χ0n) is 10.4. The highest BCUT2D eigenvalue weighted by atomic mass is 16.5. The fourth-order valence-electron chi connectivity index (χ4n) is 2.09. The third kappa shape index (κ3) is 4.01. The van der Waals surface area contributed by atoms with Crippen LogP contribution < -0.4 is 11.1 Å². The lowest BCUT2D eigenvalue weighted by Crippen LogP contribution is -2.25. The molecule has 5 nitrogen and oxygen atoms in total. The smallest absolute Gasteiger partial charge is 0.193 e. The van der Waals surface area contributed by atoms with Crippen molar-refractivity contribution >= 4 is 11.6 Å². The van der Waals surface area contributed by atoms with Crippen molar-refractivity contribution in [2.45, 2.75) is 25.3 Å². The summed E-state index contributed by atoms with van der Waals surface area (Å²) >= 11 is 0. The van der Waals surface area contributed by atoms with Gasteiger partial charge in [0, 0.05) is 18.8 Å². The third-order valence-corrected chi connectivity index (χ3v) is 3.04. The van der Waals surface area contributed by atoms with Crippen molar-refractivity contribution in [2.75, 3.05) is 18.4 Å². The van der Waals surface area contributed by atoms with Crippen molar-refractivity contribution < 1.29 is 5.21 Å². The lowest BCUT2D eigenvalue weighted by molar-refractivity contribution is -0.0875. The van der Waals surface area contributed by atoms with Gasteiger partial charge in [-0.1, -0.05) is 18.2 Å². The van der Waals surface area contributed by atoms with Gasteiger partial charge in [0.15, 0.2) is 5.96 Å². The molecule has 1 aliphatic rings. The van der Waals surface area contributed by atoms with E-state index in [1.54, 1.807) is 0 Å². The van der Waals surface area contributed by atoms with Gasteiger partial charge in [-0.2, -0.15) is 5.06 Å². The molecule has 4 N–H and O–H groups in total. The van der Waals surface area contributed by atoms with Crippen LogP contribution in [0, 0.1) is 0 Å². The van der Waals surface area contributed by atoms with Gasteiger partial charge in [-0.25, -0.2) is 4.99 Å². The number of hydrogen-bond donors (Lipinski definition) is 3. The van der Waals surface area contributed by atoms with Crippen LogP contribution in [0.1, 0.15) is 19.3 Å². The number of nitrogens with two attached hydrogens (primary N) is 1. The van der Waals surface area contributed by atoms with Gasteiger partial charge in [0.2, 0.25) is 0 Å². The Balaban J connectivity index is 1.91. The van der Waals surface area contributed by atoms with Crippen LogP contribution in [-0.2, 0) is 0 Å². The molecule has 1 heterocycles. The molecule has 1 aliphatic heterocycles. The molecule has 1 atom stereocenters. The predicted octanol–water partition coefficient (Wildman–Crippen LogP) is 1.66. The van der Waals surface area contributed by atoms with Crippen LogP contribution in [0.2, 0.25) is 0 Å². The highest BCUT2D eigenvalue weighted by Gasteiger charge is 2.15. The number of rotatable bonds is 2. The van der Waals surface area contributed by atoms with Crippen LogP contribution >= 0.6 is 0 Å². The van der Waals surface area contributed by atoms with E-state index in [1.807, 2.05) is 30.3 Å². The van der Waals surface area contributed by atoms with Gasteiger partial charge in [0.1, 0.15) is 0 Å². The van der Waals surface area contributed by atoms with Crippen molar-refractivity contribution in [3.8, 4) is 0 Å². The Bertz CT molecular complexity index is 393. The highest BCUT2D eigenvalue weighted by molar-refractivity contribution is 5.92. The zero-order valence-corrected chi connectivity index (χ0v) is 10.4. The molecular weight excluding hydrogens is 228 g/mol. The fourth-order valence-corrected chi connectivity index (χ4v) is 2.09. The molecule has 2 rings (SSSR count). The van der Waals surface area contributed by atoms with E-state index >= 15 is 0 Å². The lowest BCUT2D eigenvalue weighted by atomic mass is 10.1. The van der Waals surface area contributed by atoms with E-state index in [9.17, 15) is 5.21 Å². The van der Waals surface area contributed by atoms with Gasteiger partial charge < -0.3 is 16.3 Å². The van der Waals surface area contributed by atoms with E-state index < -0.39 is 0 Å². The number of anilines is 1. The minimum absolute atomic E-state index is 0.193. The molecular formula is C13H20N4O. The number of guanidine groups is 1. The molecule has 98 valence electrons. The molecule has 18 heavy (non-hydrogen) atoms. The van der Waals surface area contributed by atoms with Crippen molar-refractivity contribution in [3.05, 3.63) is 30.3 Å². The maximum Gasteiger partial charge on any atom is 0.193 e. The van der Waals surface area contributed by atoms with Gasteiger partial charge in [-0.15, -0.1) is 0 Å². The Morgan fingerprint density at radius 2 is 2.06 bits per heavy atom. The van der Waals surface area contributed by atoms with Crippen molar-refractivity contribution in [1.82, 2.24) is 5.06 Å². The standard InChI is InChI=1S/C13H20N4O/c14-13(15-11-5-2-1-3-6-11)16-12-7-4-9-17(18)10-8-12/h1-3,5-6,12,18H,4,7-10H2,(H3,14,15,16). The number of aliphatic imine (C=N–C) groups is 1.